The summed E-state index contributed by atoms with van der Waals surface area (Å²) in [6, 6.07) is -0.138. The Kier molecular flexibility index (Phi) is 5.94. The average molecular weight is 287 g/mol. The van der Waals surface area contributed by atoms with Crippen molar-refractivity contribution in [2.75, 3.05) is 27.9 Å². The molecule has 1 rings (SSSR count). The summed E-state index contributed by atoms with van der Waals surface area (Å²) in [7, 11) is 3.82. The van der Waals surface area contributed by atoms with Crippen LogP contribution in [0.2, 0.25) is 0 Å². The Morgan fingerprint density at radius 3 is 2.20 bits per heavy atom. The lowest BCUT2D eigenvalue weighted by Gasteiger charge is -2.36. The van der Waals surface area contributed by atoms with E-state index in [-0.39, 0.29) is 24.9 Å². The number of nitrogens with one attached hydrogen (secondary N) is 1. The van der Waals surface area contributed by atoms with Crippen LogP contribution in [0.4, 0.5) is 0 Å². The molecule has 0 aliphatic carbocycles. The SMILES string of the molecule is COC(=O)CCC1CC(C(=O)OC)(C(=O)OC)CCN1. The second-order valence-electron chi connectivity index (χ2n) is 4.79. The highest BCUT2D eigenvalue weighted by atomic mass is 16.5. The number of piperidine rings is 1. The fourth-order valence-electron chi connectivity index (χ4n) is 2.53. The largest absolute Gasteiger partial charge is 0.469 e. The third-order valence-electron chi connectivity index (χ3n) is 3.66. The van der Waals surface area contributed by atoms with Gasteiger partial charge in [0.05, 0.1) is 21.3 Å². The molecule has 1 aliphatic heterocycles. The van der Waals surface area contributed by atoms with Crippen LogP contribution in [0.5, 0.6) is 0 Å². The van der Waals surface area contributed by atoms with E-state index >= 15 is 0 Å². The number of hydrogen-bond acceptors (Lipinski definition) is 7. The lowest BCUT2D eigenvalue weighted by atomic mass is 9.75. The van der Waals surface area contributed by atoms with Crippen molar-refractivity contribution in [1.29, 1.82) is 0 Å². The molecule has 1 N–H and O–H groups in total. The van der Waals surface area contributed by atoms with Crippen molar-refractivity contribution in [1.82, 2.24) is 5.32 Å². The number of ether oxygens (including phenoxy) is 3. The molecule has 0 amide bonds. The van der Waals surface area contributed by atoms with Gasteiger partial charge in [-0.25, -0.2) is 0 Å². The lowest BCUT2D eigenvalue weighted by molar-refractivity contribution is -0.172. The zero-order valence-electron chi connectivity index (χ0n) is 12.1. The molecule has 0 aromatic carbocycles. The van der Waals surface area contributed by atoms with Crippen LogP contribution in [0.1, 0.15) is 25.7 Å². The van der Waals surface area contributed by atoms with Crippen LogP contribution < -0.4 is 5.32 Å². The predicted octanol–water partition coefficient (Wildman–Crippen LogP) is 0.0240. The van der Waals surface area contributed by atoms with Crippen molar-refractivity contribution in [3.05, 3.63) is 0 Å². The standard InChI is InChI=1S/C13H21NO6/c1-18-10(15)5-4-9-8-13(6-7-14-9,11(16)19-2)12(17)20-3/h9,14H,4-8H2,1-3H3. The Morgan fingerprint density at radius 1 is 1.10 bits per heavy atom. The molecule has 0 aromatic rings. The van der Waals surface area contributed by atoms with Gasteiger partial charge in [0.25, 0.3) is 0 Å². The van der Waals surface area contributed by atoms with E-state index < -0.39 is 17.4 Å². The van der Waals surface area contributed by atoms with Gasteiger partial charge in [0, 0.05) is 12.5 Å². The maximum atomic E-state index is 12.0. The molecule has 114 valence electrons. The average Bonchev–Trinajstić information content (AvgIpc) is 2.50. The normalized spacial score (nSPS) is 20.9. The molecule has 7 nitrogen and oxygen atoms in total. The number of esters is 3. The maximum Gasteiger partial charge on any atom is 0.323 e. The zero-order valence-corrected chi connectivity index (χ0v) is 12.1. The second kappa shape index (κ2) is 7.23. The molecule has 1 heterocycles. The molecule has 0 aromatic heterocycles. The number of hydrogen-bond donors (Lipinski definition) is 1. The first kappa shape index (κ1) is 16.4. The summed E-state index contributed by atoms with van der Waals surface area (Å²) in [4.78, 5) is 35.1. The van der Waals surface area contributed by atoms with Gasteiger partial charge in [-0.05, 0) is 25.8 Å². The molecule has 0 saturated carbocycles. The second-order valence-corrected chi connectivity index (χ2v) is 4.79. The highest BCUT2D eigenvalue weighted by molar-refractivity contribution is 6.00. The summed E-state index contributed by atoms with van der Waals surface area (Å²) in [5.74, 6) is -1.50. The summed E-state index contributed by atoms with van der Waals surface area (Å²) in [6.45, 7) is 0.482. The number of carbonyl (C=O) groups is 3. The first-order valence-corrected chi connectivity index (χ1v) is 6.47. The van der Waals surface area contributed by atoms with Crippen LogP contribution in [0.3, 0.4) is 0 Å². The molecule has 0 bridgehead atoms. The van der Waals surface area contributed by atoms with E-state index in [2.05, 4.69) is 10.1 Å². The van der Waals surface area contributed by atoms with E-state index in [9.17, 15) is 14.4 Å². The fourth-order valence-corrected chi connectivity index (χ4v) is 2.53. The van der Waals surface area contributed by atoms with Crippen LogP contribution in [0.25, 0.3) is 0 Å². The van der Waals surface area contributed by atoms with Gasteiger partial charge in [0.2, 0.25) is 0 Å². The van der Waals surface area contributed by atoms with Gasteiger partial charge in [-0.15, -0.1) is 0 Å². The summed E-state index contributed by atoms with van der Waals surface area (Å²) < 4.78 is 14.1. The van der Waals surface area contributed by atoms with Crippen LogP contribution in [-0.2, 0) is 28.6 Å². The van der Waals surface area contributed by atoms with Gasteiger partial charge >= 0.3 is 17.9 Å². The molecule has 7 heteroatoms. The summed E-state index contributed by atoms with van der Waals surface area (Å²) in [6.07, 6.45) is 1.29. The van der Waals surface area contributed by atoms with Crippen molar-refractivity contribution in [2.24, 2.45) is 5.41 Å². The highest BCUT2D eigenvalue weighted by Crippen LogP contribution is 2.35. The van der Waals surface area contributed by atoms with Gasteiger partial charge in [-0.1, -0.05) is 0 Å². The minimum absolute atomic E-state index is 0.138. The number of rotatable bonds is 5. The quantitative estimate of drug-likeness (QED) is 0.433. The molecule has 0 spiro atoms. The first-order chi connectivity index (χ1) is 9.50. The van der Waals surface area contributed by atoms with E-state index in [4.69, 9.17) is 9.47 Å². The summed E-state index contributed by atoms with van der Waals surface area (Å²) >= 11 is 0. The Labute approximate surface area is 117 Å². The highest BCUT2D eigenvalue weighted by Gasteiger charge is 2.51. The third kappa shape index (κ3) is 3.47. The molecule has 0 radical (unpaired) electrons. The molecule has 1 fully saturated rings. The summed E-state index contributed by atoms with van der Waals surface area (Å²) in [5, 5.41) is 3.19. The van der Waals surface area contributed by atoms with Crippen molar-refractivity contribution in [3.63, 3.8) is 0 Å². The van der Waals surface area contributed by atoms with Gasteiger partial charge in [-0.3, -0.25) is 14.4 Å². The molecule has 1 atom stereocenters. The summed E-state index contributed by atoms with van der Waals surface area (Å²) in [5.41, 5.74) is -1.28. The first-order valence-electron chi connectivity index (χ1n) is 6.47. The van der Waals surface area contributed by atoms with E-state index in [1.165, 1.54) is 21.3 Å². The minimum Gasteiger partial charge on any atom is -0.469 e. The smallest absolute Gasteiger partial charge is 0.323 e. The fraction of sp³-hybridized carbons (Fsp3) is 0.769. The van der Waals surface area contributed by atoms with E-state index in [1.54, 1.807) is 0 Å². The van der Waals surface area contributed by atoms with Crippen molar-refractivity contribution in [3.8, 4) is 0 Å². The van der Waals surface area contributed by atoms with Gasteiger partial charge < -0.3 is 19.5 Å². The molecule has 1 saturated heterocycles. The predicted molar refractivity (Wildman–Crippen MR) is 68.7 cm³/mol. The van der Waals surface area contributed by atoms with Gasteiger partial charge in [0.1, 0.15) is 0 Å². The van der Waals surface area contributed by atoms with E-state index in [1.807, 2.05) is 0 Å². The Bertz CT molecular complexity index is 365. The zero-order chi connectivity index (χ0) is 15.2. The minimum atomic E-state index is -1.28. The Balaban J connectivity index is 2.78. The molecular formula is C13H21NO6. The van der Waals surface area contributed by atoms with Crippen LogP contribution in [0, 0.1) is 5.41 Å². The van der Waals surface area contributed by atoms with Crippen molar-refractivity contribution < 1.29 is 28.6 Å². The Morgan fingerprint density at radius 2 is 1.70 bits per heavy atom. The van der Waals surface area contributed by atoms with Crippen LogP contribution in [-0.4, -0.2) is 51.8 Å². The van der Waals surface area contributed by atoms with Gasteiger partial charge in [0.15, 0.2) is 5.41 Å². The third-order valence-corrected chi connectivity index (χ3v) is 3.66. The van der Waals surface area contributed by atoms with Crippen molar-refractivity contribution in [2.45, 2.75) is 31.7 Å². The molecule has 1 unspecified atom stereocenters. The van der Waals surface area contributed by atoms with Crippen LogP contribution >= 0.6 is 0 Å². The lowest BCUT2D eigenvalue weighted by Crippen LogP contribution is -2.52. The van der Waals surface area contributed by atoms with Crippen LogP contribution in [0.15, 0.2) is 0 Å². The Hall–Kier alpha value is -1.63. The van der Waals surface area contributed by atoms with Crippen molar-refractivity contribution >= 4 is 17.9 Å². The topological polar surface area (TPSA) is 90.9 Å². The van der Waals surface area contributed by atoms with Gasteiger partial charge in [-0.2, -0.15) is 0 Å². The number of methoxy groups -OCH3 is 3. The van der Waals surface area contributed by atoms with E-state index in [0.717, 1.165) is 0 Å². The number of carbonyl (C=O) groups excluding carboxylic acids is 3. The molecule has 20 heavy (non-hydrogen) atoms. The monoisotopic (exact) mass is 287 g/mol. The van der Waals surface area contributed by atoms with E-state index in [0.29, 0.717) is 19.4 Å². The molecule has 1 aliphatic rings. The molecular weight excluding hydrogens is 266 g/mol. The maximum absolute atomic E-state index is 12.0.